The fraction of sp³-hybridized carbons (Fsp3) is 0.692. The van der Waals surface area contributed by atoms with Crippen molar-refractivity contribution in [2.45, 2.75) is 32.7 Å². The topological polar surface area (TPSA) is 49.6 Å². The highest BCUT2D eigenvalue weighted by Crippen LogP contribution is 2.04. The predicted octanol–water partition coefficient (Wildman–Crippen LogP) is 0.478. The van der Waals surface area contributed by atoms with Crippen LogP contribution in [0.4, 0.5) is 0 Å². The Morgan fingerprint density at radius 2 is 1.94 bits per heavy atom. The minimum atomic E-state index is -0.0541. The van der Waals surface area contributed by atoms with Gasteiger partial charge in [0, 0.05) is 25.7 Å². The van der Waals surface area contributed by atoms with Gasteiger partial charge in [0.05, 0.1) is 19.6 Å². The van der Waals surface area contributed by atoms with E-state index in [4.69, 9.17) is 4.74 Å². The molecule has 0 unspecified atom stereocenters. The van der Waals surface area contributed by atoms with Gasteiger partial charge in [-0.25, -0.2) is 4.79 Å². The van der Waals surface area contributed by atoms with E-state index in [1.165, 1.54) is 6.21 Å². The molecule has 0 aromatic rings. The lowest BCUT2D eigenvalue weighted by molar-refractivity contribution is -0.476. The van der Waals surface area contributed by atoms with Crippen molar-refractivity contribution in [1.82, 2.24) is 4.90 Å². The van der Waals surface area contributed by atoms with Crippen LogP contribution in [0.25, 0.3) is 0 Å². The number of amides is 2. The van der Waals surface area contributed by atoms with E-state index in [1.807, 2.05) is 13.8 Å². The summed E-state index contributed by atoms with van der Waals surface area (Å²) in [7, 11) is 0. The van der Waals surface area contributed by atoms with Crippen LogP contribution in [0.2, 0.25) is 0 Å². The van der Waals surface area contributed by atoms with Crippen molar-refractivity contribution in [3.8, 4) is 0 Å². The first kappa shape index (κ1) is 14.7. The van der Waals surface area contributed by atoms with Crippen LogP contribution in [0.15, 0.2) is 0 Å². The maximum absolute atomic E-state index is 11.9. The van der Waals surface area contributed by atoms with Gasteiger partial charge in [0.15, 0.2) is 6.04 Å². The van der Waals surface area contributed by atoms with Crippen LogP contribution in [0.5, 0.6) is 0 Å². The van der Waals surface area contributed by atoms with Crippen LogP contribution in [-0.2, 0) is 14.3 Å². The van der Waals surface area contributed by atoms with Gasteiger partial charge in [-0.05, 0) is 13.8 Å². The zero-order chi connectivity index (χ0) is 13.5. The molecule has 0 aromatic carbocycles. The molecule has 1 rings (SSSR count). The molecule has 5 heteroatoms. The van der Waals surface area contributed by atoms with E-state index in [2.05, 4.69) is 6.92 Å². The molecule has 18 heavy (non-hydrogen) atoms. The summed E-state index contributed by atoms with van der Waals surface area (Å²) in [6, 6.07) is 0.0773. The number of rotatable bonds is 4. The third-order valence-corrected chi connectivity index (χ3v) is 2.96. The molecule has 5 nitrogen and oxygen atoms in total. The van der Waals surface area contributed by atoms with E-state index >= 15 is 0 Å². The fourth-order valence-corrected chi connectivity index (χ4v) is 1.91. The van der Waals surface area contributed by atoms with Crippen LogP contribution in [-0.4, -0.2) is 59.8 Å². The largest absolute Gasteiger partial charge is 0.385 e. The van der Waals surface area contributed by atoms with Crippen LogP contribution >= 0.6 is 0 Å². The van der Waals surface area contributed by atoms with E-state index < -0.39 is 0 Å². The second-order valence-electron chi connectivity index (χ2n) is 4.57. The molecule has 0 aliphatic carbocycles. The lowest BCUT2D eigenvalue weighted by atomic mass is 10.2. The molecule has 1 heterocycles. The number of hydrogen-bond acceptors (Lipinski definition) is 3. The van der Waals surface area contributed by atoms with Crippen molar-refractivity contribution < 1.29 is 18.9 Å². The predicted molar refractivity (Wildman–Crippen MR) is 68.5 cm³/mol. The smallest absolute Gasteiger partial charge is 0.378 e. The molecule has 0 spiro atoms. The van der Waals surface area contributed by atoms with Crippen LogP contribution < -0.4 is 0 Å². The van der Waals surface area contributed by atoms with Gasteiger partial charge >= 0.3 is 5.91 Å². The Morgan fingerprint density at radius 1 is 1.33 bits per heavy atom. The summed E-state index contributed by atoms with van der Waals surface area (Å²) in [6.07, 6.45) is 2.02. The number of nitrogens with zero attached hydrogens (tertiary/aromatic N) is 2. The van der Waals surface area contributed by atoms with Gasteiger partial charge < -0.3 is 16.6 Å². The third-order valence-electron chi connectivity index (χ3n) is 2.96. The summed E-state index contributed by atoms with van der Waals surface area (Å²) < 4.78 is 6.74. The Bertz CT molecular complexity index is 331. The highest BCUT2D eigenvalue weighted by atomic mass is 16.5. The van der Waals surface area contributed by atoms with E-state index in [0.717, 1.165) is 0 Å². The van der Waals surface area contributed by atoms with Gasteiger partial charge in [0.1, 0.15) is 0 Å². The molecular formula is C13H22N2O3. The molecule has 102 valence electrons. The van der Waals surface area contributed by atoms with E-state index in [-0.39, 0.29) is 30.7 Å². The number of morpholine rings is 1. The lowest BCUT2D eigenvalue weighted by Crippen LogP contribution is -2.41. The fourth-order valence-electron chi connectivity index (χ4n) is 1.91. The van der Waals surface area contributed by atoms with Gasteiger partial charge in [0.25, 0.3) is 0 Å². The molecule has 1 saturated heterocycles. The molecule has 1 aliphatic heterocycles. The van der Waals surface area contributed by atoms with Crippen molar-refractivity contribution >= 4 is 18.0 Å². The molecule has 2 amide bonds. The first-order valence-corrected chi connectivity index (χ1v) is 6.35. The summed E-state index contributed by atoms with van der Waals surface area (Å²) in [4.78, 5) is 25.5. The van der Waals surface area contributed by atoms with E-state index in [1.54, 1.807) is 9.48 Å². The van der Waals surface area contributed by atoms with E-state index in [9.17, 15) is 9.59 Å². The minimum Gasteiger partial charge on any atom is -0.378 e. The quantitative estimate of drug-likeness (QED) is 0.416. The van der Waals surface area contributed by atoms with Gasteiger partial charge in [-0.1, -0.05) is 0 Å². The molecule has 0 saturated carbocycles. The average molecular weight is 254 g/mol. The number of ether oxygens (including phenoxy) is 1. The number of carbonyl (C=O) groups excluding carboxylic acids is 2. The molecular weight excluding hydrogens is 232 g/mol. The normalized spacial score (nSPS) is 17.1. The maximum atomic E-state index is 11.9. The molecule has 0 radical (unpaired) electrons. The second kappa shape index (κ2) is 7.16. The Hall–Kier alpha value is -1.36. The van der Waals surface area contributed by atoms with Crippen molar-refractivity contribution in [3.63, 3.8) is 0 Å². The Labute approximate surface area is 108 Å². The minimum absolute atomic E-state index is 0.0272. The highest BCUT2D eigenvalue weighted by Gasteiger charge is 2.22. The van der Waals surface area contributed by atoms with Crippen molar-refractivity contribution in [3.05, 3.63) is 6.92 Å². The molecule has 0 bridgehead atoms. The highest BCUT2D eigenvalue weighted by molar-refractivity contribution is 5.82. The van der Waals surface area contributed by atoms with E-state index in [0.29, 0.717) is 26.3 Å². The number of hydrogen-bond donors (Lipinski definition) is 0. The summed E-state index contributed by atoms with van der Waals surface area (Å²) >= 11 is 0. The van der Waals surface area contributed by atoms with Gasteiger partial charge in [-0.15, -0.1) is 0 Å². The average Bonchev–Trinajstić information content (AvgIpc) is 2.37. The Morgan fingerprint density at radius 3 is 2.44 bits per heavy atom. The zero-order valence-corrected chi connectivity index (χ0v) is 11.2. The number of carbonyl (C=O) groups is 2. The Kier molecular flexibility index (Phi) is 5.85. The van der Waals surface area contributed by atoms with Crippen LogP contribution in [0.1, 0.15) is 26.7 Å². The zero-order valence-electron chi connectivity index (χ0n) is 11.2. The summed E-state index contributed by atoms with van der Waals surface area (Å²) in [6.45, 7) is 9.88. The molecule has 0 N–H and O–H groups in total. The van der Waals surface area contributed by atoms with Gasteiger partial charge in [-0.2, -0.15) is 4.58 Å². The summed E-state index contributed by atoms with van der Waals surface area (Å²) in [5.41, 5.74) is 0. The molecule has 0 aromatic heterocycles. The van der Waals surface area contributed by atoms with Gasteiger partial charge in [0.2, 0.25) is 5.91 Å². The SMILES string of the molecule is [CH2-]/C=[N+](/C(=O)CCC(=O)N1CCOCC1)C(C)C. The maximum Gasteiger partial charge on any atom is 0.385 e. The second-order valence-corrected chi connectivity index (χ2v) is 4.57. The molecule has 1 aliphatic rings. The van der Waals surface area contributed by atoms with Crippen LogP contribution in [0, 0.1) is 6.92 Å². The summed E-state index contributed by atoms with van der Waals surface area (Å²) in [5, 5.41) is 0. The van der Waals surface area contributed by atoms with Crippen molar-refractivity contribution in [1.29, 1.82) is 0 Å². The third kappa shape index (κ3) is 4.14. The first-order chi connectivity index (χ1) is 8.56. The Balaban J connectivity index is 2.40. The molecule has 1 fully saturated rings. The lowest BCUT2D eigenvalue weighted by Gasteiger charge is -2.26. The molecule has 0 atom stereocenters. The standard InChI is InChI=1S/C13H22N2O3/c1-4-15(11(2)3)13(17)6-5-12(16)14-7-9-18-10-8-14/h4,11H,1,5-10H2,2-3H3/b15-4+. The van der Waals surface area contributed by atoms with Crippen molar-refractivity contribution in [2.75, 3.05) is 26.3 Å². The summed E-state index contributed by atoms with van der Waals surface area (Å²) in [5.74, 6) is -0.0268. The van der Waals surface area contributed by atoms with Crippen molar-refractivity contribution in [2.24, 2.45) is 0 Å². The monoisotopic (exact) mass is 254 g/mol. The van der Waals surface area contributed by atoms with Gasteiger partial charge in [-0.3, -0.25) is 4.79 Å². The first-order valence-electron chi connectivity index (χ1n) is 6.35. The van der Waals surface area contributed by atoms with Crippen LogP contribution in [0.3, 0.4) is 0 Å².